The second-order valence-corrected chi connectivity index (χ2v) is 10.5. The Labute approximate surface area is 229 Å². The summed E-state index contributed by atoms with van der Waals surface area (Å²) in [4.78, 5) is 9.65. The highest BCUT2D eigenvalue weighted by Crippen LogP contribution is 2.36. The average Bonchev–Trinajstić information content (AvgIpc) is 2.94. The van der Waals surface area contributed by atoms with E-state index in [9.17, 15) is 5.11 Å². The molecule has 0 amide bonds. The van der Waals surface area contributed by atoms with Crippen molar-refractivity contribution in [2.45, 2.75) is 55.8 Å². The van der Waals surface area contributed by atoms with Crippen molar-refractivity contribution in [2.24, 2.45) is 0 Å². The molecule has 1 unspecified atom stereocenters. The van der Waals surface area contributed by atoms with Crippen molar-refractivity contribution in [3.8, 4) is 11.6 Å². The number of aliphatic hydroxyl groups excluding tert-OH is 1. The van der Waals surface area contributed by atoms with Gasteiger partial charge in [-0.3, -0.25) is 0 Å². The van der Waals surface area contributed by atoms with E-state index < -0.39 is 12.2 Å². The maximum Gasteiger partial charge on any atom is 0.236 e. The average molecular weight is 531 g/mol. The van der Waals surface area contributed by atoms with Crippen LogP contribution in [0.5, 0.6) is 11.6 Å². The van der Waals surface area contributed by atoms with Crippen LogP contribution in [0.15, 0.2) is 102 Å². The third-order valence-corrected chi connectivity index (χ3v) is 7.23. The fourth-order valence-corrected chi connectivity index (χ4v) is 5.02. The van der Waals surface area contributed by atoms with Gasteiger partial charge in [-0.05, 0) is 36.6 Å². The number of aromatic nitrogens is 2. The zero-order chi connectivity index (χ0) is 26.6. The summed E-state index contributed by atoms with van der Waals surface area (Å²) < 4.78 is 18.2. The summed E-state index contributed by atoms with van der Waals surface area (Å²) in [7, 11) is 0. The lowest BCUT2D eigenvalue weighted by Crippen LogP contribution is -2.35. The first kappa shape index (κ1) is 27.8. The number of benzene rings is 3. The third-order valence-electron chi connectivity index (χ3n) is 5.93. The van der Waals surface area contributed by atoms with Gasteiger partial charge < -0.3 is 19.3 Å². The van der Waals surface area contributed by atoms with Gasteiger partial charge in [-0.1, -0.05) is 85.8 Å². The van der Waals surface area contributed by atoms with E-state index in [-0.39, 0.29) is 11.9 Å². The molecular formula is C31H34N2O4S. The van der Waals surface area contributed by atoms with Gasteiger partial charge in [-0.15, -0.1) is 11.8 Å². The molecule has 0 aliphatic heterocycles. The number of aliphatic hydroxyl groups is 1. The number of thioether (sulfide) groups is 1. The van der Waals surface area contributed by atoms with Crippen LogP contribution in [0, 0.1) is 6.92 Å². The number of para-hydroxylation sites is 1. The van der Waals surface area contributed by atoms with Crippen molar-refractivity contribution in [1.82, 2.24) is 9.97 Å². The highest BCUT2D eigenvalue weighted by atomic mass is 32.2. The van der Waals surface area contributed by atoms with E-state index in [1.807, 2.05) is 97.9 Å². The molecule has 0 saturated carbocycles. The minimum Gasteiger partial charge on any atom is -0.438 e. The summed E-state index contributed by atoms with van der Waals surface area (Å²) in [5.74, 6) is 1.24. The van der Waals surface area contributed by atoms with Gasteiger partial charge in [0.2, 0.25) is 5.88 Å². The number of ether oxygens (including phenoxy) is 3. The second kappa shape index (κ2) is 14.6. The molecular weight excluding hydrogens is 496 g/mol. The zero-order valence-electron chi connectivity index (χ0n) is 21.8. The second-order valence-electron chi connectivity index (χ2n) is 9.08. The van der Waals surface area contributed by atoms with Crippen molar-refractivity contribution in [2.75, 3.05) is 6.61 Å². The van der Waals surface area contributed by atoms with E-state index >= 15 is 0 Å². The van der Waals surface area contributed by atoms with Crippen molar-refractivity contribution in [1.29, 1.82) is 0 Å². The minimum atomic E-state index is -0.779. The number of nitrogens with zero attached hydrogens (tertiary/aromatic N) is 2. The summed E-state index contributed by atoms with van der Waals surface area (Å²) >= 11 is 1.62. The first-order valence-electron chi connectivity index (χ1n) is 12.7. The Balaban J connectivity index is 1.41. The standard InChI is InChI=1S/C31H34N2O4S/c1-23(38-30-24(2)32-22-33-31(30)37-27-16-10-5-11-17-27)18-29(36-20-26-14-8-4-9-15-26)28(34)21-35-19-25-12-6-3-7-13-25/h3-17,22-23,28-29,34H,18-21H2,1-2H3/t23?,28-,29+/m1/s1. The molecule has 4 aromatic rings. The van der Waals surface area contributed by atoms with Crippen LogP contribution in [0.4, 0.5) is 0 Å². The van der Waals surface area contributed by atoms with Crippen molar-refractivity contribution in [3.05, 3.63) is 114 Å². The summed E-state index contributed by atoms with van der Waals surface area (Å²) in [5, 5.41) is 11.2. The van der Waals surface area contributed by atoms with Crippen LogP contribution in [0.2, 0.25) is 0 Å². The first-order valence-corrected chi connectivity index (χ1v) is 13.6. The molecule has 198 valence electrons. The summed E-state index contributed by atoms with van der Waals surface area (Å²) in [6, 6.07) is 29.5. The number of rotatable bonds is 14. The van der Waals surface area contributed by atoms with Crippen LogP contribution in [0.1, 0.15) is 30.2 Å². The molecule has 4 rings (SSSR count). The Bertz CT molecular complexity index is 1230. The Hall–Kier alpha value is -3.23. The largest absolute Gasteiger partial charge is 0.438 e. The first-order chi connectivity index (χ1) is 18.6. The van der Waals surface area contributed by atoms with Crippen LogP contribution < -0.4 is 4.74 Å². The van der Waals surface area contributed by atoms with E-state index in [0.29, 0.717) is 25.5 Å². The van der Waals surface area contributed by atoms with Crippen molar-refractivity contribution < 1.29 is 19.3 Å². The van der Waals surface area contributed by atoms with Gasteiger partial charge in [0.05, 0.1) is 36.5 Å². The molecule has 38 heavy (non-hydrogen) atoms. The zero-order valence-corrected chi connectivity index (χ0v) is 22.6. The molecule has 3 aromatic carbocycles. The van der Waals surface area contributed by atoms with Gasteiger partial charge in [0.15, 0.2) is 0 Å². The van der Waals surface area contributed by atoms with Crippen LogP contribution in [-0.2, 0) is 22.7 Å². The van der Waals surface area contributed by atoms with Gasteiger partial charge in [-0.2, -0.15) is 0 Å². The number of hydrogen-bond donors (Lipinski definition) is 1. The van der Waals surface area contributed by atoms with Gasteiger partial charge in [0.25, 0.3) is 0 Å². The van der Waals surface area contributed by atoms with Crippen molar-refractivity contribution in [3.63, 3.8) is 0 Å². The van der Waals surface area contributed by atoms with Crippen LogP contribution in [-0.4, -0.2) is 39.1 Å². The normalized spacial score (nSPS) is 13.6. The molecule has 0 spiro atoms. The van der Waals surface area contributed by atoms with Gasteiger partial charge in [0, 0.05) is 5.25 Å². The van der Waals surface area contributed by atoms with Crippen LogP contribution in [0.3, 0.4) is 0 Å². The molecule has 0 fully saturated rings. The van der Waals surface area contributed by atoms with Gasteiger partial charge in [0.1, 0.15) is 18.2 Å². The lowest BCUT2D eigenvalue weighted by Gasteiger charge is -2.26. The minimum absolute atomic E-state index is 0.0855. The Morgan fingerprint density at radius 1 is 0.816 bits per heavy atom. The molecule has 1 heterocycles. The van der Waals surface area contributed by atoms with E-state index in [2.05, 4.69) is 16.9 Å². The van der Waals surface area contributed by atoms with Gasteiger partial charge in [-0.25, -0.2) is 9.97 Å². The fourth-order valence-electron chi connectivity index (χ4n) is 3.92. The Morgan fingerprint density at radius 3 is 2.08 bits per heavy atom. The topological polar surface area (TPSA) is 73.7 Å². The fraction of sp³-hybridized carbons (Fsp3) is 0.290. The molecule has 1 aromatic heterocycles. The molecule has 0 aliphatic carbocycles. The summed E-state index contributed by atoms with van der Waals surface area (Å²) in [5.41, 5.74) is 2.97. The number of aryl methyl sites for hydroxylation is 1. The molecule has 1 N–H and O–H groups in total. The summed E-state index contributed by atoms with van der Waals surface area (Å²) in [6.07, 6.45) is 0.921. The van der Waals surface area contributed by atoms with Crippen molar-refractivity contribution >= 4 is 11.8 Å². The third kappa shape index (κ3) is 8.67. The molecule has 6 nitrogen and oxygen atoms in total. The Kier molecular flexibility index (Phi) is 10.7. The Morgan fingerprint density at radius 2 is 1.42 bits per heavy atom. The van der Waals surface area contributed by atoms with Gasteiger partial charge >= 0.3 is 0 Å². The van der Waals surface area contributed by atoms with E-state index in [1.165, 1.54) is 6.33 Å². The molecule has 7 heteroatoms. The number of hydrogen-bond acceptors (Lipinski definition) is 7. The SMILES string of the molecule is Cc1ncnc(Oc2ccccc2)c1SC(C)C[C@H](OCc1ccccc1)[C@H](O)COCc1ccccc1. The maximum atomic E-state index is 11.1. The predicted octanol–water partition coefficient (Wildman–Crippen LogP) is 6.61. The monoisotopic (exact) mass is 530 g/mol. The van der Waals surface area contributed by atoms with Crippen LogP contribution >= 0.6 is 11.8 Å². The van der Waals surface area contributed by atoms with E-state index in [0.717, 1.165) is 27.5 Å². The highest BCUT2D eigenvalue weighted by Gasteiger charge is 2.25. The predicted molar refractivity (Wildman–Crippen MR) is 150 cm³/mol. The molecule has 0 bridgehead atoms. The van der Waals surface area contributed by atoms with E-state index in [4.69, 9.17) is 14.2 Å². The highest BCUT2D eigenvalue weighted by molar-refractivity contribution is 8.00. The molecule has 0 aliphatic rings. The van der Waals surface area contributed by atoms with E-state index in [1.54, 1.807) is 11.8 Å². The quantitative estimate of drug-likeness (QED) is 0.184. The summed E-state index contributed by atoms with van der Waals surface area (Å²) in [6.45, 7) is 5.09. The van der Waals surface area contributed by atoms with Crippen LogP contribution in [0.25, 0.3) is 0 Å². The lowest BCUT2D eigenvalue weighted by molar-refractivity contribution is -0.0831. The molecule has 0 saturated heterocycles. The maximum absolute atomic E-state index is 11.1. The lowest BCUT2D eigenvalue weighted by atomic mass is 10.1. The molecule has 0 radical (unpaired) electrons. The molecule has 3 atom stereocenters. The smallest absolute Gasteiger partial charge is 0.236 e.